The zero-order valence-corrected chi connectivity index (χ0v) is 18.9. The molecular weight excluding hydrogens is 326 g/mol. The molecular formula is C19H47N7. The minimum atomic E-state index is -0.548. The van der Waals surface area contributed by atoms with Crippen LogP contribution in [0.4, 0.5) is 0 Å². The number of hydrogen-bond donors (Lipinski definition) is 5. The smallest absolute Gasteiger partial charge is 0.185 e. The molecule has 0 radical (unpaired) electrons. The molecule has 0 aliphatic heterocycles. The van der Waals surface area contributed by atoms with Crippen molar-refractivity contribution in [2.45, 2.75) is 78.4 Å². The van der Waals surface area contributed by atoms with Gasteiger partial charge in [-0.05, 0) is 53.4 Å². The summed E-state index contributed by atoms with van der Waals surface area (Å²) in [5.74, 6) is -1.09. The van der Waals surface area contributed by atoms with E-state index in [9.17, 15) is 0 Å². The molecule has 5 N–H and O–H groups in total. The van der Waals surface area contributed by atoms with Gasteiger partial charge in [-0.3, -0.25) is 26.6 Å². The van der Waals surface area contributed by atoms with Crippen molar-refractivity contribution in [2.24, 2.45) is 0 Å². The van der Waals surface area contributed by atoms with E-state index in [1.807, 2.05) is 7.05 Å². The molecule has 2 unspecified atom stereocenters. The number of nitrogens with one attached hydrogen (secondary N) is 5. The predicted molar refractivity (Wildman–Crippen MR) is 114 cm³/mol. The van der Waals surface area contributed by atoms with Crippen molar-refractivity contribution >= 4 is 0 Å². The molecule has 0 fully saturated rings. The van der Waals surface area contributed by atoms with E-state index >= 15 is 0 Å². The van der Waals surface area contributed by atoms with E-state index in [2.05, 4.69) is 92.2 Å². The fraction of sp³-hybridized carbons (Fsp3) is 1.00. The van der Waals surface area contributed by atoms with Crippen LogP contribution < -0.4 is 26.6 Å². The molecule has 7 nitrogen and oxygen atoms in total. The zero-order valence-electron chi connectivity index (χ0n) is 18.9. The van der Waals surface area contributed by atoms with Crippen LogP contribution in [0.3, 0.4) is 0 Å². The van der Waals surface area contributed by atoms with Crippen LogP contribution >= 0.6 is 0 Å². The van der Waals surface area contributed by atoms with Gasteiger partial charge in [0.2, 0.25) is 0 Å². The first-order chi connectivity index (χ1) is 12.3. The lowest BCUT2D eigenvalue weighted by molar-refractivity contribution is -0.172. The van der Waals surface area contributed by atoms with E-state index < -0.39 is 11.6 Å². The van der Waals surface area contributed by atoms with Gasteiger partial charge in [0.05, 0.1) is 0 Å². The second kappa shape index (κ2) is 13.0. The molecule has 0 amide bonds. The first kappa shape index (κ1) is 25.7. The minimum absolute atomic E-state index is 0.306. The summed E-state index contributed by atoms with van der Waals surface area (Å²) >= 11 is 0. The summed E-state index contributed by atoms with van der Waals surface area (Å²) in [5, 5.41) is 23.3. The third-order valence-electron chi connectivity index (χ3n) is 4.57. The van der Waals surface area contributed by atoms with Crippen LogP contribution in [0.25, 0.3) is 0 Å². The molecule has 26 heavy (non-hydrogen) atoms. The zero-order chi connectivity index (χ0) is 20.2. The third kappa shape index (κ3) is 6.41. The van der Waals surface area contributed by atoms with E-state index in [-0.39, 0.29) is 0 Å². The number of hydrogen-bond acceptors (Lipinski definition) is 7. The number of nitrogens with zero attached hydrogens (tertiary/aromatic N) is 2. The van der Waals surface area contributed by atoms with Gasteiger partial charge in [-0.2, -0.15) is 0 Å². The van der Waals surface area contributed by atoms with Crippen LogP contribution in [0.5, 0.6) is 0 Å². The maximum Gasteiger partial charge on any atom is 0.185 e. The molecule has 0 aromatic rings. The minimum Gasteiger partial charge on any atom is -0.285 e. The molecule has 7 heteroatoms. The number of hydrazine groups is 1. The Balaban J connectivity index is 6.29. The third-order valence-corrected chi connectivity index (χ3v) is 4.57. The second-order valence-electron chi connectivity index (χ2n) is 7.31. The van der Waals surface area contributed by atoms with E-state index in [1.54, 1.807) is 0 Å². The first-order valence-electron chi connectivity index (χ1n) is 10.5. The monoisotopic (exact) mass is 373 g/mol. The fourth-order valence-electron chi connectivity index (χ4n) is 3.62. The molecule has 0 aliphatic carbocycles. The Morgan fingerprint density at radius 1 is 0.885 bits per heavy atom. The predicted octanol–water partition coefficient (Wildman–Crippen LogP) is 1.31. The van der Waals surface area contributed by atoms with Gasteiger partial charge in [0, 0.05) is 26.7 Å². The Hall–Kier alpha value is -0.280. The lowest BCUT2D eigenvalue weighted by Crippen LogP contribution is -2.91. The highest BCUT2D eigenvalue weighted by molar-refractivity contribution is 5.05. The maximum atomic E-state index is 3.83. The van der Waals surface area contributed by atoms with Crippen molar-refractivity contribution in [3.05, 3.63) is 0 Å². The molecule has 0 aromatic heterocycles. The summed E-state index contributed by atoms with van der Waals surface area (Å²) in [4.78, 5) is 0. The van der Waals surface area contributed by atoms with Gasteiger partial charge < -0.3 is 0 Å². The molecule has 0 rings (SSSR count). The Kier molecular flexibility index (Phi) is 12.9. The highest BCUT2D eigenvalue weighted by Gasteiger charge is 2.54. The van der Waals surface area contributed by atoms with Crippen molar-refractivity contribution in [1.29, 1.82) is 0 Å². The molecule has 0 aromatic carbocycles. The van der Waals surface area contributed by atoms with Crippen LogP contribution in [-0.4, -0.2) is 75.0 Å². The normalized spacial score (nSPS) is 17.1. The lowest BCUT2D eigenvalue weighted by Gasteiger charge is -2.58. The van der Waals surface area contributed by atoms with E-state index in [0.717, 1.165) is 45.4 Å². The number of unbranched alkanes of at least 4 members (excludes halogenated alkanes) is 1. The average molecular weight is 374 g/mol. The molecule has 0 saturated carbocycles. The Labute approximate surface area is 163 Å². The molecule has 0 spiro atoms. The van der Waals surface area contributed by atoms with Gasteiger partial charge in [0.25, 0.3) is 0 Å². The summed E-state index contributed by atoms with van der Waals surface area (Å²) in [6.07, 6.45) is 3.36. The van der Waals surface area contributed by atoms with Crippen molar-refractivity contribution in [1.82, 2.24) is 36.6 Å². The summed E-state index contributed by atoms with van der Waals surface area (Å²) in [7, 11) is 6.22. The summed E-state index contributed by atoms with van der Waals surface area (Å²) < 4.78 is 0. The largest absolute Gasteiger partial charge is 0.285 e. The number of rotatable bonds is 16. The van der Waals surface area contributed by atoms with Crippen LogP contribution in [0.1, 0.15) is 60.8 Å². The second-order valence-corrected chi connectivity index (χ2v) is 7.31. The van der Waals surface area contributed by atoms with Crippen LogP contribution in [-0.2, 0) is 0 Å². The van der Waals surface area contributed by atoms with Gasteiger partial charge in [-0.25, -0.2) is 10.0 Å². The van der Waals surface area contributed by atoms with E-state index in [0.29, 0.717) is 6.04 Å². The summed E-state index contributed by atoms with van der Waals surface area (Å²) in [6, 6.07) is 0.306. The molecule has 0 bridgehead atoms. The molecule has 0 saturated heterocycles. The number of likely N-dealkylation sites (N-methyl/N-ethyl adjacent to an activating group) is 3. The van der Waals surface area contributed by atoms with Crippen molar-refractivity contribution in [3.8, 4) is 0 Å². The quantitative estimate of drug-likeness (QED) is 0.159. The van der Waals surface area contributed by atoms with Crippen molar-refractivity contribution in [3.63, 3.8) is 0 Å². The van der Waals surface area contributed by atoms with Gasteiger partial charge in [0.1, 0.15) is 0 Å². The van der Waals surface area contributed by atoms with Gasteiger partial charge in [0.15, 0.2) is 11.6 Å². The molecule has 0 heterocycles. The fourth-order valence-corrected chi connectivity index (χ4v) is 3.62. The molecule has 2 atom stereocenters. The van der Waals surface area contributed by atoms with Crippen LogP contribution in [0.2, 0.25) is 0 Å². The van der Waals surface area contributed by atoms with E-state index in [4.69, 9.17) is 0 Å². The highest BCUT2D eigenvalue weighted by Crippen LogP contribution is 2.22. The van der Waals surface area contributed by atoms with Crippen LogP contribution in [0.15, 0.2) is 0 Å². The summed E-state index contributed by atoms with van der Waals surface area (Å²) in [5.41, 5.74) is 0. The van der Waals surface area contributed by atoms with E-state index in [1.165, 1.54) is 0 Å². The Morgan fingerprint density at radius 2 is 1.50 bits per heavy atom. The Morgan fingerprint density at radius 3 is 1.88 bits per heavy atom. The van der Waals surface area contributed by atoms with Gasteiger partial charge >= 0.3 is 0 Å². The SMILES string of the molecule is CCCCNC(NCCC)(NC(C)C)C(NC)(NCC)N(CC)N(C)C. The topological polar surface area (TPSA) is 66.6 Å². The first-order valence-corrected chi connectivity index (χ1v) is 10.5. The summed E-state index contributed by atoms with van der Waals surface area (Å²) in [6.45, 7) is 16.7. The average Bonchev–Trinajstić information content (AvgIpc) is 2.58. The molecule has 0 aliphatic rings. The molecule has 158 valence electrons. The van der Waals surface area contributed by atoms with Crippen molar-refractivity contribution < 1.29 is 0 Å². The van der Waals surface area contributed by atoms with Gasteiger partial charge in [-0.1, -0.05) is 34.1 Å². The van der Waals surface area contributed by atoms with Crippen LogP contribution in [0, 0.1) is 0 Å². The van der Waals surface area contributed by atoms with Crippen molar-refractivity contribution in [2.75, 3.05) is 47.3 Å². The Bertz CT molecular complexity index is 351. The standard InChI is InChI=1S/C19H47N7/c1-10-14-16-23-18(22-15-11-2,24-17(5)6)19(20-7,21-12-3)26(13-4)25(8)9/h17,20-24H,10-16H2,1-9H3. The lowest BCUT2D eigenvalue weighted by atomic mass is 10.1. The van der Waals surface area contributed by atoms with Gasteiger partial charge in [-0.15, -0.1) is 0 Å². The maximum absolute atomic E-state index is 3.83. The highest BCUT2D eigenvalue weighted by atomic mass is 15.7.